The van der Waals surface area contributed by atoms with Gasteiger partial charge in [0.05, 0.1) is 5.92 Å². The van der Waals surface area contributed by atoms with E-state index >= 15 is 0 Å². The standard InChI is InChI=1S/C15H19NO3S/c1-9-4-6-20-13(9)11-7-12(11)14(17)16-5-2-3-10(8-16)15(18)19/h4,6,10-12H,2-3,5,7-8H2,1H3,(H,18,19)/t10-,11?,12?/m0/s1. The lowest BCUT2D eigenvalue weighted by Gasteiger charge is -2.31. The van der Waals surface area contributed by atoms with Crippen molar-refractivity contribution in [3.63, 3.8) is 0 Å². The average molecular weight is 293 g/mol. The predicted molar refractivity (Wildman–Crippen MR) is 76.8 cm³/mol. The van der Waals surface area contributed by atoms with E-state index in [1.807, 2.05) is 0 Å². The molecule has 3 rings (SSSR count). The normalized spacial score (nSPS) is 29.2. The van der Waals surface area contributed by atoms with E-state index in [0.29, 0.717) is 18.9 Å². The molecule has 1 amide bonds. The van der Waals surface area contributed by atoms with Crippen molar-refractivity contribution >= 4 is 23.2 Å². The molecule has 1 aliphatic heterocycles. The second kappa shape index (κ2) is 5.20. The molecular formula is C15H19NO3S. The van der Waals surface area contributed by atoms with Crippen LogP contribution >= 0.6 is 11.3 Å². The number of hydrogen-bond acceptors (Lipinski definition) is 3. The molecule has 1 saturated heterocycles. The number of hydrogen-bond donors (Lipinski definition) is 1. The molecule has 1 aliphatic carbocycles. The summed E-state index contributed by atoms with van der Waals surface area (Å²) < 4.78 is 0. The van der Waals surface area contributed by atoms with Crippen LogP contribution < -0.4 is 0 Å². The highest BCUT2D eigenvalue weighted by molar-refractivity contribution is 7.10. The predicted octanol–water partition coefficient (Wildman–Crippen LogP) is 2.48. The van der Waals surface area contributed by atoms with Crippen LogP contribution in [0.1, 0.15) is 35.6 Å². The van der Waals surface area contributed by atoms with Crippen LogP contribution in [0.3, 0.4) is 0 Å². The quantitative estimate of drug-likeness (QED) is 0.931. The molecule has 1 saturated carbocycles. The van der Waals surface area contributed by atoms with E-state index in [4.69, 9.17) is 5.11 Å². The van der Waals surface area contributed by atoms with Gasteiger partial charge in [-0.2, -0.15) is 0 Å². The van der Waals surface area contributed by atoms with Crippen molar-refractivity contribution in [2.45, 2.75) is 32.1 Å². The van der Waals surface area contributed by atoms with Crippen LogP contribution in [0.2, 0.25) is 0 Å². The summed E-state index contributed by atoms with van der Waals surface area (Å²) in [5, 5.41) is 11.2. The fraction of sp³-hybridized carbons (Fsp3) is 0.600. The summed E-state index contributed by atoms with van der Waals surface area (Å²) in [4.78, 5) is 26.7. The Kier molecular flexibility index (Phi) is 3.54. The van der Waals surface area contributed by atoms with E-state index in [2.05, 4.69) is 18.4 Å². The van der Waals surface area contributed by atoms with Gasteiger partial charge in [0.15, 0.2) is 0 Å². The van der Waals surface area contributed by atoms with Gasteiger partial charge in [-0.05, 0) is 43.2 Å². The van der Waals surface area contributed by atoms with Crippen molar-refractivity contribution in [3.8, 4) is 0 Å². The molecule has 2 fully saturated rings. The van der Waals surface area contributed by atoms with Gasteiger partial charge in [-0.25, -0.2) is 0 Å². The van der Waals surface area contributed by atoms with Gasteiger partial charge in [0.2, 0.25) is 5.91 Å². The lowest BCUT2D eigenvalue weighted by atomic mass is 9.98. The van der Waals surface area contributed by atoms with E-state index in [9.17, 15) is 9.59 Å². The lowest BCUT2D eigenvalue weighted by molar-refractivity contribution is -0.146. The number of piperidine rings is 1. The first kappa shape index (κ1) is 13.6. The molecule has 20 heavy (non-hydrogen) atoms. The number of aryl methyl sites for hydroxylation is 1. The minimum atomic E-state index is -0.774. The third-order valence-electron chi connectivity index (χ3n) is 4.43. The Morgan fingerprint density at radius 3 is 2.90 bits per heavy atom. The van der Waals surface area contributed by atoms with Crippen molar-refractivity contribution in [2.24, 2.45) is 11.8 Å². The van der Waals surface area contributed by atoms with Crippen molar-refractivity contribution in [3.05, 3.63) is 21.9 Å². The molecule has 4 nitrogen and oxygen atoms in total. The first-order chi connectivity index (χ1) is 9.58. The van der Waals surface area contributed by atoms with Crippen LogP contribution in [0.4, 0.5) is 0 Å². The Hall–Kier alpha value is -1.36. The zero-order chi connectivity index (χ0) is 14.3. The zero-order valence-corrected chi connectivity index (χ0v) is 12.4. The van der Waals surface area contributed by atoms with Gasteiger partial charge in [-0.15, -0.1) is 11.3 Å². The minimum Gasteiger partial charge on any atom is -0.481 e. The molecule has 1 aromatic rings. The maximum absolute atomic E-state index is 12.5. The number of thiophene rings is 1. The molecule has 108 valence electrons. The van der Waals surface area contributed by atoms with E-state index in [1.54, 1.807) is 16.2 Å². The number of carbonyl (C=O) groups is 2. The highest BCUT2D eigenvalue weighted by atomic mass is 32.1. The monoisotopic (exact) mass is 293 g/mol. The van der Waals surface area contributed by atoms with Gasteiger partial charge in [0, 0.05) is 29.8 Å². The summed E-state index contributed by atoms with van der Waals surface area (Å²) in [6, 6.07) is 2.10. The van der Waals surface area contributed by atoms with Crippen LogP contribution in [0.15, 0.2) is 11.4 Å². The molecule has 5 heteroatoms. The molecule has 2 heterocycles. The van der Waals surface area contributed by atoms with Gasteiger partial charge < -0.3 is 10.0 Å². The first-order valence-corrected chi connectivity index (χ1v) is 8.01. The molecule has 2 unspecified atom stereocenters. The Morgan fingerprint density at radius 2 is 2.25 bits per heavy atom. The average Bonchev–Trinajstić information content (AvgIpc) is 3.12. The maximum atomic E-state index is 12.5. The number of carbonyl (C=O) groups excluding carboxylic acids is 1. The van der Waals surface area contributed by atoms with E-state index in [-0.39, 0.29) is 17.7 Å². The number of likely N-dealkylation sites (tertiary alicyclic amines) is 1. The van der Waals surface area contributed by atoms with Crippen molar-refractivity contribution in [2.75, 3.05) is 13.1 Å². The highest BCUT2D eigenvalue weighted by Gasteiger charge is 2.47. The van der Waals surface area contributed by atoms with Crippen molar-refractivity contribution in [1.29, 1.82) is 0 Å². The summed E-state index contributed by atoms with van der Waals surface area (Å²) in [7, 11) is 0. The van der Waals surface area contributed by atoms with Gasteiger partial charge in [-0.3, -0.25) is 9.59 Å². The Balaban J connectivity index is 1.63. The van der Waals surface area contributed by atoms with Crippen molar-refractivity contribution in [1.82, 2.24) is 4.90 Å². The van der Waals surface area contributed by atoms with Crippen LogP contribution in [0, 0.1) is 18.8 Å². The van der Waals surface area contributed by atoms with E-state index in [0.717, 1.165) is 19.4 Å². The topological polar surface area (TPSA) is 57.6 Å². The van der Waals surface area contributed by atoms with Gasteiger partial charge in [0.25, 0.3) is 0 Å². The van der Waals surface area contributed by atoms with E-state index < -0.39 is 5.97 Å². The van der Waals surface area contributed by atoms with Crippen LogP contribution in [-0.2, 0) is 9.59 Å². The number of nitrogens with zero attached hydrogens (tertiary/aromatic N) is 1. The second-order valence-electron chi connectivity index (χ2n) is 5.88. The molecule has 0 aromatic carbocycles. The summed E-state index contributed by atoms with van der Waals surface area (Å²) in [5.41, 5.74) is 1.28. The third-order valence-corrected chi connectivity index (χ3v) is 5.58. The highest BCUT2D eigenvalue weighted by Crippen LogP contribution is 2.51. The van der Waals surface area contributed by atoms with Crippen LogP contribution in [0.5, 0.6) is 0 Å². The molecule has 1 aromatic heterocycles. The van der Waals surface area contributed by atoms with Crippen LogP contribution in [-0.4, -0.2) is 35.0 Å². The minimum absolute atomic E-state index is 0.0832. The number of amides is 1. The first-order valence-electron chi connectivity index (χ1n) is 7.13. The fourth-order valence-electron chi connectivity index (χ4n) is 3.14. The summed E-state index contributed by atoms with van der Waals surface area (Å²) >= 11 is 1.73. The molecule has 3 atom stereocenters. The maximum Gasteiger partial charge on any atom is 0.308 e. The Morgan fingerprint density at radius 1 is 1.45 bits per heavy atom. The van der Waals surface area contributed by atoms with Gasteiger partial charge in [0.1, 0.15) is 0 Å². The largest absolute Gasteiger partial charge is 0.481 e. The molecule has 2 aliphatic rings. The van der Waals surface area contributed by atoms with Gasteiger partial charge >= 0.3 is 5.97 Å². The number of carboxylic acids is 1. The SMILES string of the molecule is Cc1ccsc1C1CC1C(=O)N1CCC[C@H](C(=O)O)C1. The Bertz CT molecular complexity index is 539. The summed E-state index contributed by atoms with van der Waals surface area (Å²) in [5.74, 6) is -0.543. The second-order valence-corrected chi connectivity index (χ2v) is 6.83. The summed E-state index contributed by atoms with van der Waals surface area (Å²) in [6.07, 6.45) is 2.42. The van der Waals surface area contributed by atoms with Gasteiger partial charge in [-0.1, -0.05) is 0 Å². The Labute approximate surface area is 122 Å². The number of aliphatic carboxylic acids is 1. The number of carboxylic acid groups (broad SMARTS) is 1. The third kappa shape index (κ3) is 2.46. The van der Waals surface area contributed by atoms with Crippen LogP contribution in [0.25, 0.3) is 0 Å². The summed E-state index contributed by atoms with van der Waals surface area (Å²) in [6.45, 7) is 3.20. The molecule has 0 bridgehead atoms. The number of rotatable bonds is 3. The van der Waals surface area contributed by atoms with Crippen molar-refractivity contribution < 1.29 is 14.7 Å². The zero-order valence-electron chi connectivity index (χ0n) is 11.5. The van der Waals surface area contributed by atoms with E-state index in [1.165, 1.54) is 10.4 Å². The molecule has 1 N–H and O–H groups in total. The molecule has 0 radical (unpaired) electrons. The molecular weight excluding hydrogens is 274 g/mol. The smallest absolute Gasteiger partial charge is 0.308 e. The lowest BCUT2D eigenvalue weighted by Crippen LogP contribution is -2.43. The molecule has 0 spiro atoms. The fourth-order valence-corrected chi connectivity index (χ4v) is 4.24.